The molecule has 2 amide bonds. The van der Waals surface area contributed by atoms with Crippen LogP contribution in [0.25, 0.3) is 0 Å². The number of carbonyl (C=O) groups excluding carboxylic acids is 2. The second-order valence-corrected chi connectivity index (χ2v) is 6.05. The van der Waals surface area contributed by atoms with Crippen LogP contribution in [-0.4, -0.2) is 55.4 Å². The van der Waals surface area contributed by atoms with Crippen LogP contribution >= 0.6 is 11.6 Å². The van der Waals surface area contributed by atoms with Crippen molar-refractivity contribution in [1.29, 1.82) is 0 Å². The molecule has 6 heteroatoms. The maximum atomic E-state index is 12.6. The Labute approximate surface area is 135 Å². The number of hydrogen-bond donors (Lipinski definition) is 0. The van der Waals surface area contributed by atoms with Crippen LogP contribution in [-0.2, 0) is 16.0 Å². The van der Waals surface area contributed by atoms with Gasteiger partial charge in [-0.1, -0.05) is 11.6 Å². The number of likely N-dealkylation sites (N-methyl/N-ethyl adjacent to an activating group) is 1. The van der Waals surface area contributed by atoms with Gasteiger partial charge in [-0.2, -0.15) is 0 Å². The highest BCUT2D eigenvalue weighted by atomic mass is 35.5. The van der Waals surface area contributed by atoms with E-state index >= 15 is 0 Å². The van der Waals surface area contributed by atoms with Crippen molar-refractivity contribution in [2.75, 3.05) is 27.7 Å². The summed E-state index contributed by atoms with van der Waals surface area (Å²) in [5.41, 5.74) is 0.739. The Hall–Kier alpha value is -1.75. The predicted molar refractivity (Wildman–Crippen MR) is 85.1 cm³/mol. The summed E-state index contributed by atoms with van der Waals surface area (Å²) in [5.74, 6) is 0.537. The molecule has 22 heavy (non-hydrogen) atoms. The van der Waals surface area contributed by atoms with E-state index in [4.69, 9.17) is 16.3 Å². The van der Waals surface area contributed by atoms with Crippen LogP contribution in [0.4, 0.5) is 0 Å². The van der Waals surface area contributed by atoms with Crippen molar-refractivity contribution in [2.24, 2.45) is 0 Å². The van der Waals surface area contributed by atoms with Crippen LogP contribution in [0.15, 0.2) is 18.2 Å². The van der Waals surface area contributed by atoms with Gasteiger partial charge in [0.2, 0.25) is 11.8 Å². The largest absolute Gasteiger partial charge is 0.496 e. The number of likely N-dealkylation sites (tertiary alicyclic amines) is 1. The first-order valence-corrected chi connectivity index (χ1v) is 7.65. The summed E-state index contributed by atoms with van der Waals surface area (Å²) in [4.78, 5) is 28.0. The number of amides is 2. The predicted octanol–water partition coefficient (Wildman–Crippen LogP) is 1.97. The first kappa shape index (κ1) is 16.6. The molecule has 0 saturated carbocycles. The Bertz CT molecular complexity index is 575. The highest BCUT2D eigenvalue weighted by molar-refractivity contribution is 6.30. The van der Waals surface area contributed by atoms with Gasteiger partial charge in [-0.25, -0.2) is 0 Å². The number of ether oxygens (including phenoxy) is 1. The van der Waals surface area contributed by atoms with Crippen molar-refractivity contribution < 1.29 is 14.3 Å². The van der Waals surface area contributed by atoms with Crippen molar-refractivity contribution in [3.8, 4) is 5.75 Å². The standard InChI is InChI=1S/C16H21ClN2O3/c1-18(2)16(21)13-5-4-8-19(13)15(20)10-11-9-12(17)6-7-14(11)22-3/h6-7,9,13H,4-5,8,10H2,1-3H3. The molecular weight excluding hydrogens is 304 g/mol. The second-order valence-electron chi connectivity index (χ2n) is 5.61. The minimum Gasteiger partial charge on any atom is -0.496 e. The average molecular weight is 325 g/mol. The van der Waals surface area contributed by atoms with Crippen LogP contribution < -0.4 is 4.74 Å². The number of halogens is 1. The number of rotatable bonds is 4. The maximum absolute atomic E-state index is 12.6. The summed E-state index contributed by atoms with van der Waals surface area (Å²) < 4.78 is 5.27. The van der Waals surface area contributed by atoms with Gasteiger partial charge in [0.05, 0.1) is 13.5 Å². The quantitative estimate of drug-likeness (QED) is 0.851. The lowest BCUT2D eigenvalue weighted by atomic mass is 10.1. The Morgan fingerprint density at radius 2 is 2.14 bits per heavy atom. The lowest BCUT2D eigenvalue weighted by Crippen LogP contribution is -2.46. The fraction of sp³-hybridized carbons (Fsp3) is 0.500. The van der Waals surface area contributed by atoms with Gasteiger partial charge in [0, 0.05) is 31.2 Å². The lowest BCUT2D eigenvalue weighted by molar-refractivity contribution is -0.141. The number of hydrogen-bond acceptors (Lipinski definition) is 3. The highest BCUT2D eigenvalue weighted by Crippen LogP contribution is 2.25. The van der Waals surface area contributed by atoms with Gasteiger partial charge in [0.25, 0.3) is 0 Å². The summed E-state index contributed by atoms with van der Waals surface area (Å²) in [7, 11) is 4.98. The van der Waals surface area contributed by atoms with Crippen LogP contribution in [0, 0.1) is 0 Å². The lowest BCUT2D eigenvalue weighted by Gasteiger charge is -2.26. The van der Waals surface area contributed by atoms with E-state index in [0.29, 0.717) is 17.3 Å². The number of carbonyl (C=O) groups is 2. The van der Waals surface area contributed by atoms with E-state index in [1.54, 1.807) is 44.3 Å². The molecular formula is C16H21ClN2O3. The molecule has 0 bridgehead atoms. The molecule has 1 aromatic rings. The van der Waals surface area contributed by atoms with E-state index in [9.17, 15) is 9.59 Å². The zero-order valence-corrected chi connectivity index (χ0v) is 13.9. The zero-order valence-electron chi connectivity index (χ0n) is 13.1. The van der Waals surface area contributed by atoms with Crippen LogP contribution in [0.2, 0.25) is 5.02 Å². The first-order chi connectivity index (χ1) is 10.4. The normalized spacial score (nSPS) is 17.5. The average Bonchev–Trinajstić information content (AvgIpc) is 2.96. The monoisotopic (exact) mass is 324 g/mol. The zero-order chi connectivity index (χ0) is 16.3. The Balaban J connectivity index is 2.15. The van der Waals surface area contributed by atoms with E-state index in [1.165, 1.54) is 4.90 Å². The second kappa shape index (κ2) is 7.01. The summed E-state index contributed by atoms with van der Waals surface area (Å²) in [6.07, 6.45) is 1.75. The summed E-state index contributed by atoms with van der Waals surface area (Å²) >= 11 is 6.00. The molecule has 1 unspecified atom stereocenters. The van der Waals surface area contributed by atoms with E-state index in [0.717, 1.165) is 18.4 Å². The van der Waals surface area contributed by atoms with Gasteiger partial charge < -0.3 is 14.5 Å². The fourth-order valence-electron chi connectivity index (χ4n) is 2.77. The third kappa shape index (κ3) is 3.53. The summed E-state index contributed by atoms with van der Waals surface area (Å²) in [5, 5.41) is 0.561. The molecule has 0 aromatic heterocycles. The number of nitrogens with zero attached hydrogens (tertiary/aromatic N) is 2. The van der Waals surface area contributed by atoms with Gasteiger partial charge in [0.1, 0.15) is 11.8 Å². The van der Waals surface area contributed by atoms with Crippen molar-refractivity contribution in [2.45, 2.75) is 25.3 Å². The maximum Gasteiger partial charge on any atom is 0.244 e. The molecule has 1 fully saturated rings. The van der Waals surface area contributed by atoms with Gasteiger partial charge in [-0.3, -0.25) is 9.59 Å². The summed E-state index contributed by atoms with van der Waals surface area (Å²) in [6.45, 7) is 0.617. The van der Waals surface area contributed by atoms with Crippen molar-refractivity contribution in [3.63, 3.8) is 0 Å². The van der Waals surface area contributed by atoms with Gasteiger partial charge >= 0.3 is 0 Å². The fourth-order valence-corrected chi connectivity index (χ4v) is 2.96. The van der Waals surface area contributed by atoms with Crippen LogP contribution in [0.3, 0.4) is 0 Å². The van der Waals surface area contributed by atoms with E-state index < -0.39 is 0 Å². The molecule has 5 nitrogen and oxygen atoms in total. The summed E-state index contributed by atoms with van der Waals surface area (Å²) in [6, 6.07) is 4.85. The molecule has 1 saturated heterocycles. The van der Waals surface area contributed by atoms with Crippen LogP contribution in [0.1, 0.15) is 18.4 Å². The Morgan fingerprint density at radius 1 is 1.41 bits per heavy atom. The van der Waals surface area contributed by atoms with E-state index in [1.807, 2.05) is 0 Å². The van der Waals surface area contributed by atoms with Crippen molar-refractivity contribution >= 4 is 23.4 Å². The van der Waals surface area contributed by atoms with Crippen LogP contribution in [0.5, 0.6) is 5.75 Å². The molecule has 1 aromatic carbocycles. The van der Waals surface area contributed by atoms with Gasteiger partial charge in [-0.05, 0) is 31.0 Å². The van der Waals surface area contributed by atoms with E-state index in [-0.39, 0.29) is 24.3 Å². The minimum absolute atomic E-state index is 0.0242. The molecule has 1 atom stereocenters. The topological polar surface area (TPSA) is 49.9 Å². The third-order valence-electron chi connectivity index (χ3n) is 3.88. The molecule has 1 aliphatic heterocycles. The highest BCUT2D eigenvalue weighted by Gasteiger charge is 2.34. The molecule has 0 spiro atoms. The molecule has 120 valence electrons. The van der Waals surface area contributed by atoms with E-state index in [2.05, 4.69) is 0 Å². The number of benzene rings is 1. The van der Waals surface area contributed by atoms with Crippen molar-refractivity contribution in [3.05, 3.63) is 28.8 Å². The third-order valence-corrected chi connectivity index (χ3v) is 4.12. The van der Waals surface area contributed by atoms with Crippen molar-refractivity contribution in [1.82, 2.24) is 9.80 Å². The first-order valence-electron chi connectivity index (χ1n) is 7.27. The molecule has 0 aliphatic carbocycles. The molecule has 1 aliphatic rings. The molecule has 0 N–H and O–H groups in total. The molecule has 2 rings (SSSR count). The number of methoxy groups -OCH3 is 1. The Kier molecular flexibility index (Phi) is 5.29. The van der Waals surface area contributed by atoms with Gasteiger partial charge in [0.15, 0.2) is 0 Å². The molecule has 0 radical (unpaired) electrons. The minimum atomic E-state index is -0.354. The Morgan fingerprint density at radius 3 is 2.77 bits per heavy atom. The smallest absolute Gasteiger partial charge is 0.244 e. The van der Waals surface area contributed by atoms with Gasteiger partial charge in [-0.15, -0.1) is 0 Å². The SMILES string of the molecule is COc1ccc(Cl)cc1CC(=O)N1CCCC1C(=O)N(C)C. The molecule has 1 heterocycles.